The Bertz CT molecular complexity index is 1220. The topological polar surface area (TPSA) is 7.12 Å². The molecular weight excluding hydrogens is 396 g/mol. The molecule has 1 aliphatic rings. The number of aromatic nitrogens is 1. The average Bonchev–Trinajstić information content (AvgIpc) is 3.12. The van der Waals surface area contributed by atoms with Crippen molar-refractivity contribution in [2.45, 2.75) is 25.3 Å². The van der Waals surface area contributed by atoms with Crippen LogP contribution in [0, 0.1) is 13.8 Å². The van der Waals surface area contributed by atoms with Crippen LogP contribution in [-0.2, 0) is 6.54 Å². The van der Waals surface area contributed by atoms with Gasteiger partial charge in [-0.3, -0.25) is 0 Å². The minimum Gasteiger partial charge on any atom is -0.330 e. The van der Waals surface area contributed by atoms with E-state index < -0.39 is 0 Å². The van der Waals surface area contributed by atoms with Gasteiger partial charge in [-0.1, -0.05) is 72.4 Å². The molecule has 0 fully saturated rings. The second-order valence-electron chi connectivity index (χ2n) is 7.87. The SMILES string of the molecule is Cc1cc(C=C2Sc3ccccc3N2Cc2ccccc2)cc(C)[n+]1-c1ccccc1. The minimum absolute atomic E-state index is 0.867. The van der Waals surface area contributed by atoms with Gasteiger partial charge in [-0.15, -0.1) is 0 Å². The van der Waals surface area contributed by atoms with E-state index in [4.69, 9.17) is 0 Å². The summed E-state index contributed by atoms with van der Waals surface area (Å²) in [6, 6.07) is 34.5. The summed E-state index contributed by atoms with van der Waals surface area (Å²) in [4.78, 5) is 3.74. The van der Waals surface area contributed by atoms with Gasteiger partial charge in [0.2, 0.25) is 5.69 Å². The average molecular weight is 422 g/mol. The maximum Gasteiger partial charge on any atom is 0.211 e. The quantitative estimate of drug-likeness (QED) is 0.339. The van der Waals surface area contributed by atoms with Gasteiger partial charge in [-0.2, -0.15) is 4.57 Å². The molecule has 2 heterocycles. The van der Waals surface area contributed by atoms with Crippen LogP contribution in [0.4, 0.5) is 5.69 Å². The zero-order valence-electron chi connectivity index (χ0n) is 17.8. The number of nitrogens with zero attached hydrogens (tertiary/aromatic N) is 2. The Morgan fingerprint density at radius 3 is 2.10 bits per heavy atom. The number of benzene rings is 3. The molecule has 0 aliphatic carbocycles. The fourth-order valence-corrected chi connectivity index (χ4v) is 5.35. The number of thioether (sulfide) groups is 1. The maximum absolute atomic E-state index is 2.43. The number of aryl methyl sites for hydroxylation is 2. The molecule has 0 saturated carbocycles. The van der Waals surface area contributed by atoms with Crippen molar-refractivity contribution in [1.82, 2.24) is 0 Å². The van der Waals surface area contributed by atoms with E-state index >= 15 is 0 Å². The van der Waals surface area contributed by atoms with Crippen molar-refractivity contribution in [1.29, 1.82) is 0 Å². The van der Waals surface area contributed by atoms with Gasteiger partial charge < -0.3 is 4.90 Å². The number of hydrogen-bond donors (Lipinski definition) is 0. The van der Waals surface area contributed by atoms with Crippen LogP contribution in [0.2, 0.25) is 0 Å². The van der Waals surface area contributed by atoms with Gasteiger partial charge in [0, 0.05) is 49.6 Å². The van der Waals surface area contributed by atoms with E-state index in [0.717, 1.165) is 6.54 Å². The molecule has 1 aromatic heterocycles. The molecule has 31 heavy (non-hydrogen) atoms. The molecule has 0 amide bonds. The van der Waals surface area contributed by atoms with Crippen LogP contribution >= 0.6 is 11.8 Å². The number of hydrogen-bond acceptors (Lipinski definition) is 2. The number of fused-ring (bicyclic) bond motifs is 1. The normalized spacial score (nSPS) is 14.1. The number of para-hydroxylation sites is 2. The maximum atomic E-state index is 2.43. The van der Waals surface area contributed by atoms with Crippen molar-refractivity contribution in [2.75, 3.05) is 4.90 Å². The third-order valence-electron chi connectivity index (χ3n) is 5.58. The standard InChI is InChI=1S/C28H25N2S/c1-21-17-24(18-22(2)30(21)25-13-7-4-8-14-25)19-28-29(20-23-11-5-3-6-12-23)26-15-9-10-16-27(26)31-28/h3-19H,20H2,1-2H3/q+1. The third-order valence-corrected chi connectivity index (χ3v) is 6.69. The molecule has 5 rings (SSSR count). The Morgan fingerprint density at radius 1 is 0.774 bits per heavy atom. The first-order chi connectivity index (χ1) is 15.2. The lowest BCUT2D eigenvalue weighted by molar-refractivity contribution is -0.609. The van der Waals surface area contributed by atoms with Crippen LogP contribution < -0.4 is 9.47 Å². The van der Waals surface area contributed by atoms with Gasteiger partial charge in [0.1, 0.15) is 0 Å². The van der Waals surface area contributed by atoms with Crippen LogP contribution in [-0.4, -0.2) is 0 Å². The van der Waals surface area contributed by atoms with Crippen molar-refractivity contribution < 1.29 is 4.57 Å². The highest BCUT2D eigenvalue weighted by Crippen LogP contribution is 2.47. The largest absolute Gasteiger partial charge is 0.330 e. The Kier molecular flexibility index (Phi) is 5.35. The molecule has 0 unspecified atom stereocenters. The summed E-state index contributed by atoms with van der Waals surface area (Å²) in [5, 5.41) is 1.27. The van der Waals surface area contributed by atoms with Crippen molar-refractivity contribution >= 4 is 23.5 Å². The Labute approximate surface area is 188 Å². The van der Waals surface area contributed by atoms with E-state index in [0.29, 0.717) is 0 Å². The van der Waals surface area contributed by atoms with Crippen molar-refractivity contribution in [3.63, 3.8) is 0 Å². The van der Waals surface area contributed by atoms with Crippen molar-refractivity contribution in [3.8, 4) is 5.69 Å². The smallest absolute Gasteiger partial charge is 0.211 e. The van der Waals surface area contributed by atoms with Crippen LogP contribution in [0.25, 0.3) is 11.8 Å². The van der Waals surface area contributed by atoms with E-state index in [1.54, 1.807) is 0 Å². The summed E-state index contributed by atoms with van der Waals surface area (Å²) in [6.07, 6.45) is 2.32. The van der Waals surface area contributed by atoms with Gasteiger partial charge in [-0.25, -0.2) is 0 Å². The molecule has 2 nitrogen and oxygen atoms in total. The van der Waals surface area contributed by atoms with E-state index in [1.165, 1.54) is 43.8 Å². The van der Waals surface area contributed by atoms with E-state index in [-0.39, 0.29) is 0 Å². The van der Waals surface area contributed by atoms with E-state index in [9.17, 15) is 0 Å². The van der Waals surface area contributed by atoms with Gasteiger partial charge in [-0.05, 0) is 29.3 Å². The fraction of sp³-hybridized carbons (Fsp3) is 0.107. The highest BCUT2D eigenvalue weighted by Gasteiger charge is 2.25. The first-order valence-corrected chi connectivity index (χ1v) is 11.4. The molecule has 0 saturated heterocycles. The lowest BCUT2D eigenvalue weighted by atomic mass is 10.1. The van der Waals surface area contributed by atoms with Crippen LogP contribution in [0.15, 0.2) is 107 Å². The summed E-state index contributed by atoms with van der Waals surface area (Å²) in [6.45, 7) is 5.23. The van der Waals surface area contributed by atoms with Crippen molar-refractivity contribution in [3.05, 3.63) is 125 Å². The fourth-order valence-electron chi connectivity index (χ4n) is 4.23. The summed E-state index contributed by atoms with van der Waals surface area (Å²) >= 11 is 1.85. The summed E-state index contributed by atoms with van der Waals surface area (Å²) in [5.41, 5.74) is 7.49. The molecule has 152 valence electrons. The summed E-state index contributed by atoms with van der Waals surface area (Å²) in [5.74, 6) is 0. The molecule has 0 bridgehead atoms. The highest BCUT2D eigenvalue weighted by atomic mass is 32.2. The first-order valence-electron chi connectivity index (χ1n) is 10.6. The van der Waals surface area contributed by atoms with E-state index in [1.807, 2.05) is 11.8 Å². The van der Waals surface area contributed by atoms with Crippen LogP contribution in [0.5, 0.6) is 0 Å². The first kappa shape index (κ1) is 19.7. The lowest BCUT2D eigenvalue weighted by Gasteiger charge is -2.21. The molecule has 1 aliphatic heterocycles. The number of pyridine rings is 1. The monoisotopic (exact) mass is 421 g/mol. The molecule has 0 N–H and O–H groups in total. The Hall–Kier alpha value is -3.30. The molecule has 3 aromatic carbocycles. The minimum atomic E-state index is 0.867. The lowest BCUT2D eigenvalue weighted by Crippen LogP contribution is -2.37. The zero-order chi connectivity index (χ0) is 21.2. The number of anilines is 1. The predicted octanol–water partition coefficient (Wildman–Crippen LogP) is 6.69. The summed E-state index contributed by atoms with van der Waals surface area (Å²) in [7, 11) is 0. The third kappa shape index (κ3) is 4.01. The van der Waals surface area contributed by atoms with Crippen LogP contribution in [0.1, 0.15) is 22.5 Å². The predicted molar refractivity (Wildman–Crippen MR) is 130 cm³/mol. The number of rotatable bonds is 4. The molecule has 0 atom stereocenters. The molecule has 0 spiro atoms. The molecular formula is C28H25N2S+. The Morgan fingerprint density at radius 2 is 1.39 bits per heavy atom. The van der Waals surface area contributed by atoms with E-state index in [2.05, 4.69) is 126 Å². The van der Waals surface area contributed by atoms with Gasteiger partial charge in [0.25, 0.3) is 0 Å². The zero-order valence-corrected chi connectivity index (χ0v) is 18.6. The molecule has 3 heteroatoms. The second-order valence-corrected chi connectivity index (χ2v) is 8.93. The highest BCUT2D eigenvalue weighted by molar-refractivity contribution is 8.03. The Balaban J connectivity index is 1.53. The molecule has 4 aromatic rings. The second kappa shape index (κ2) is 8.44. The van der Waals surface area contributed by atoms with Gasteiger partial charge in [0.05, 0.1) is 10.7 Å². The summed E-state index contributed by atoms with van der Waals surface area (Å²) < 4.78 is 2.31. The van der Waals surface area contributed by atoms with Crippen molar-refractivity contribution in [2.24, 2.45) is 0 Å². The van der Waals surface area contributed by atoms with Gasteiger partial charge >= 0.3 is 0 Å². The van der Waals surface area contributed by atoms with Crippen LogP contribution in [0.3, 0.4) is 0 Å². The van der Waals surface area contributed by atoms with Gasteiger partial charge in [0.15, 0.2) is 11.4 Å². The molecule has 0 radical (unpaired) electrons.